The highest BCUT2D eigenvalue weighted by Gasteiger charge is 2.37. The first-order valence-electron chi connectivity index (χ1n) is 5.73. The molecule has 0 fully saturated rings. The van der Waals surface area contributed by atoms with Crippen LogP contribution in [0.2, 0.25) is 0 Å². The molecule has 2 N–H and O–H groups in total. The lowest BCUT2D eigenvalue weighted by Crippen LogP contribution is -2.49. The van der Waals surface area contributed by atoms with Crippen LogP contribution in [0.5, 0.6) is 0 Å². The Morgan fingerprint density at radius 2 is 1.76 bits per heavy atom. The molecule has 0 radical (unpaired) electrons. The molecule has 118 valence electrons. The average molecular weight is 325 g/mol. The first-order chi connectivity index (χ1) is 9.29. The molecule has 0 bridgehead atoms. The quantitative estimate of drug-likeness (QED) is 0.888. The summed E-state index contributed by atoms with van der Waals surface area (Å²) in [5, 5.41) is 8.90. The largest absolute Gasteiger partial charge is 0.480 e. The van der Waals surface area contributed by atoms with Crippen molar-refractivity contribution in [1.82, 2.24) is 4.72 Å². The maximum absolute atomic E-state index is 12.8. The van der Waals surface area contributed by atoms with E-state index in [4.69, 9.17) is 5.11 Å². The number of nitrogens with one attached hydrogen (secondary N) is 1. The number of hydrogen-bond donors (Lipinski definition) is 2. The number of hydrogen-bond acceptors (Lipinski definition) is 3. The normalized spacial score (nSPS) is 13.2. The molecule has 1 aromatic rings. The minimum Gasteiger partial charge on any atom is -0.480 e. The summed E-state index contributed by atoms with van der Waals surface area (Å²) < 4.78 is 64.4. The van der Waals surface area contributed by atoms with Gasteiger partial charge in [-0.2, -0.15) is 17.9 Å². The van der Waals surface area contributed by atoms with Crippen LogP contribution in [0.1, 0.15) is 25.0 Å². The highest BCUT2D eigenvalue weighted by molar-refractivity contribution is 7.89. The minimum absolute atomic E-state index is 0.487. The maximum Gasteiger partial charge on any atom is 0.416 e. The number of benzene rings is 1. The SMILES string of the molecule is Cc1c(C(F)(F)F)cccc1S(=O)(=O)NC(C)(C)C(=O)O. The summed E-state index contributed by atoms with van der Waals surface area (Å²) >= 11 is 0. The summed E-state index contributed by atoms with van der Waals surface area (Å²) in [7, 11) is -4.41. The van der Waals surface area contributed by atoms with Gasteiger partial charge in [0.1, 0.15) is 5.54 Å². The summed E-state index contributed by atoms with van der Waals surface area (Å²) in [4.78, 5) is 10.3. The monoisotopic (exact) mass is 325 g/mol. The van der Waals surface area contributed by atoms with Crippen LogP contribution in [0, 0.1) is 6.92 Å². The highest BCUT2D eigenvalue weighted by Crippen LogP contribution is 2.34. The third-order valence-corrected chi connectivity index (χ3v) is 4.60. The Kier molecular flexibility index (Phi) is 4.40. The van der Waals surface area contributed by atoms with Crippen LogP contribution in [0.4, 0.5) is 13.2 Å². The van der Waals surface area contributed by atoms with Gasteiger partial charge in [0.15, 0.2) is 0 Å². The molecule has 0 atom stereocenters. The summed E-state index contributed by atoms with van der Waals surface area (Å²) in [5.41, 5.74) is -3.42. The predicted molar refractivity (Wildman–Crippen MR) is 68.2 cm³/mol. The fraction of sp³-hybridized carbons (Fsp3) is 0.417. The van der Waals surface area contributed by atoms with Crippen molar-refractivity contribution in [3.8, 4) is 0 Å². The van der Waals surface area contributed by atoms with E-state index >= 15 is 0 Å². The van der Waals surface area contributed by atoms with Gasteiger partial charge in [-0.15, -0.1) is 0 Å². The van der Waals surface area contributed by atoms with Gasteiger partial charge in [0.05, 0.1) is 10.5 Å². The van der Waals surface area contributed by atoms with Gasteiger partial charge in [0.2, 0.25) is 10.0 Å². The molecule has 0 spiro atoms. The molecule has 0 saturated heterocycles. The molecule has 0 unspecified atom stereocenters. The van der Waals surface area contributed by atoms with Crippen molar-refractivity contribution in [2.45, 2.75) is 37.4 Å². The first-order valence-corrected chi connectivity index (χ1v) is 7.21. The van der Waals surface area contributed by atoms with Crippen molar-refractivity contribution in [1.29, 1.82) is 0 Å². The molecule has 0 saturated carbocycles. The van der Waals surface area contributed by atoms with E-state index in [9.17, 15) is 26.4 Å². The Bertz CT molecular complexity index is 666. The second-order valence-electron chi connectivity index (χ2n) is 4.96. The lowest BCUT2D eigenvalue weighted by molar-refractivity contribution is -0.142. The van der Waals surface area contributed by atoms with Crippen molar-refractivity contribution < 1.29 is 31.5 Å². The zero-order valence-electron chi connectivity index (χ0n) is 11.4. The second-order valence-corrected chi connectivity index (χ2v) is 6.61. The lowest BCUT2D eigenvalue weighted by atomic mass is 10.1. The molecule has 21 heavy (non-hydrogen) atoms. The highest BCUT2D eigenvalue weighted by atomic mass is 32.2. The maximum atomic E-state index is 12.8. The summed E-state index contributed by atoms with van der Waals surface area (Å²) in [6.07, 6.45) is -4.70. The minimum atomic E-state index is -4.70. The van der Waals surface area contributed by atoms with Gasteiger partial charge in [-0.05, 0) is 38.5 Å². The van der Waals surface area contributed by atoms with Gasteiger partial charge in [0, 0.05) is 0 Å². The van der Waals surface area contributed by atoms with Crippen molar-refractivity contribution in [2.75, 3.05) is 0 Å². The summed E-state index contributed by atoms with van der Waals surface area (Å²) in [6.45, 7) is 3.21. The van der Waals surface area contributed by atoms with Gasteiger partial charge >= 0.3 is 12.1 Å². The predicted octanol–water partition coefficient (Wildman–Crippen LogP) is 2.16. The topological polar surface area (TPSA) is 83.5 Å². The van der Waals surface area contributed by atoms with Crippen LogP contribution in [0.15, 0.2) is 23.1 Å². The standard InChI is InChI=1S/C12H14F3NO4S/c1-7-8(12(13,14)15)5-4-6-9(7)21(19,20)16-11(2,3)10(17)18/h4-6,16H,1-3H3,(H,17,18). The Morgan fingerprint density at radius 3 is 2.19 bits per heavy atom. The number of aliphatic carboxylic acids is 1. The van der Waals surface area contributed by atoms with Crippen LogP contribution in [-0.2, 0) is 21.0 Å². The van der Waals surface area contributed by atoms with E-state index in [1.807, 2.05) is 4.72 Å². The molecule has 0 aliphatic carbocycles. The lowest BCUT2D eigenvalue weighted by Gasteiger charge is -2.22. The molecule has 0 amide bonds. The fourth-order valence-electron chi connectivity index (χ4n) is 1.65. The van der Waals surface area contributed by atoms with Crippen LogP contribution in [-0.4, -0.2) is 25.0 Å². The number of alkyl halides is 3. The van der Waals surface area contributed by atoms with E-state index in [0.29, 0.717) is 0 Å². The van der Waals surface area contributed by atoms with Crippen molar-refractivity contribution in [3.05, 3.63) is 29.3 Å². The van der Waals surface area contributed by atoms with E-state index in [1.165, 1.54) is 0 Å². The Hall–Kier alpha value is -1.61. The van der Waals surface area contributed by atoms with Crippen molar-refractivity contribution >= 4 is 16.0 Å². The molecular weight excluding hydrogens is 311 g/mol. The number of sulfonamides is 1. The van der Waals surface area contributed by atoms with Gasteiger partial charge in [-0.1, -0.05) is 6.07 Å². The second kappa shape index (κ2) is 5.30. The van der Waals surface area contributed by atoms with Gasteiger partial charge in [-0.3, -0.25) is 4.79 Å². The Labute approximate surface area is 119 Å². The molecule has 0 aliphatic rings. The van der Waals surface area contributed by atoms with E-state index in [2.05, 4.69) is 0 Å². The van der Waals surface area contributed by atoms with E-state index in [-0.39, 0.29) is 0 Å². The number of carbonyl (C=O) groups is 1. The average Bonchev–Trinajstić information content (AvgIpc) is 2.25. The number of halogens is 3. The van der Waals surface area contributed by atoms with Crippen LogP contribution >= 0.6 is 0 Å². The zero-order valence-corrected chi connectivity index (χ0v) is 12.3. The van der Waals surface area contributed by atoms with Crippen LogP contribution < -0.4 is 4.72 Å². The molecule has 0 heterocycles. The molecule has 9 heteroatoms. The third kappa shape index (κ3) is 3.73. The summed E-state index contributed by atoms with van der Waals surface area (Å²) in [6, 6.07) is 2.71. The Morgan fingerprint density at radius 1 is 1.24 bits per heavy atom. The number of carboxylic acid groups (broad SMARTS) is 1. The summed E-state index contributed by atoms with van der Waals surface area (Å²) in [5.74, 6) is -1.45. The molecule has 0 aromatic heterocycles. The van der Waals surface area contributed by atoms with E-state index in [0.717, 1.165) is 39.0 Å². The van der Waals surface area contributed by atoms with Crippen LogP contribution in [0.3, 0.4) is 0 Å². The van der Waals surface area contributed by atoms with Crippen molar-refractivity contribution in [2.24, 2.45) is 0 Å². The first kappa shape index (κ1) is 17.4. The zero-order chi connectivity index (χ0) is 16.6. The van der Waals surface area contributed by atoms with Crippen LogP contribution in [0.25, 0.3) is 0 Å². The van der Waals surface area contributed by atoms with Gasteiger partial charge in [-0.25, -0.2) is 8.42 Å². The molecule has 0 aliphatic heterocycles. The van der Waals surface area contributed by atoms with E-state index < -0.39 is 43.7 Å². The molecule has 1 aromatic carbocycles. The van der Waals surface area contributed by atoms with Gasteiger partial charge in [0.25, 0.3) is 0 Å². The molecule has 1 rings (SSSR count). The number of rotatable bonds is 4. The molecular formula is C12H14F3NO4S. The van der Waals surface area contributed by atoms with Gasteiger partial charge < -0.3 is 5.11 Å². The van der Waals surface area contributed by atoms with E-state index in [1.54, 1.807) is 0 Å². The number of carboxylic acids is 1. The Balaban J connectivity index is 3.38. The third-order valence-electron chi connectivity index (χ3n) is 2.80. The fourth-order valence-corrected chi connectivity index (χ4v) is 3.29. The molecule has 5 nitrogen and oxygen atoms in total. The smallest absolute Gasteiger partial charge is 0.416 e. The van der Waals surface area contributed by atoms with Crippen molar-refractivity contribution in [3.63, 3.8) is 0 Å².